The van der Waals surface area contributed by atoms with Crippen molar-refractivity contribution in [1.82, 2.24) is 20.9 Å². The van der Waals surface area contributed by atoms with Crippen molar-refractivity contribution in [3.8, 4) is 0 Å². The van der Waals surface area contributed by atoms with E-state index < -0.39 is 6.03 Å². The fourth-order valence-corrected chi connectivity index (χ4v) is 2.07. The standard InChI is InChI=1S/C12H24N4O2/c1-9(2)16(7-10-5-4-6-14-10)8-11(17)15-12(18)13-3/h9-10,14H,4-8H2,1-3H3,(H2,13,15,17,18). The van der Waals surface area contributed by atoms with Crippen molar-refractivity contribution in [3.05, 3.63) is 0 Å². The summed E-state index contributed by atoms with van der Waals surface area (Å²) in [5, 5.41) is 8.07. The van der Waals surface area contributed by atoms with Gasteiger partial charge in [-0.05, 0) is 33.2 Å². The molecule has 1 atom stereocenters. The molecular formula is C12H24N4O2. The summed E-state index contributed by atoms with van der Waals surface area (Å²) in [6.07, 6.45) is 2.35. The van der Waals surface area contributed by atoms with E-state index in [-0.39, 0.29) is 18.5 Å². The highest BCUT2D eigenvalue weighted by Gasteiger charge is 2.21. The maximum absolute atomic E-state index is 11.7. The Morgan fingerprint density at radius 3 is 2.67 bits per heavy atom. The fraction of sp³-hybridized carbons (Fsp3) is 0.833. The summed E-state index contributed by atoms with van der Waals surface area (Å²) in [5.41, 5.74) is 0. The van der Waals surface area contributed by atoms with Crippen molar-refractivity contribution >= 4 is 11.9 Å². The summed E-state index contributed by atoms with van der Waals surface area (Å²) in [7, 11) is 1.49. The van der Waals surface area contributed by atoms with Gasteiger partial charge in [-0.25, -0.2) is 4.79 Å². The van der Waals surface area contributed by atoms with E-state index in [4.69, 9.17) is 0 Å². The molecular weight excluding hydrogens is 232 g/mol. The Hall–Kier alpha value is -1.14. The van der Waals surface area contributed by atoms with E-state index in [1.165, 1.54) is 13.5 Å². The summed E-state index contributed by atoms with van der Waals surface area (Å²) in [4.78, 5) is 24.8. The Kier molecular flexibility index (Phi) is 6.07. The Bertz CT molecular complexity index is 288. The van der Waals surface area contributed by atoms with Crippen LogP contribution < -0.4 is 16.0 Å². The zero-order chi connectivity index (χ0) is 13.5. The minimum atomic E-state index is -0.456. The molecule has 0 aliphatic carbocycles. The molecule has 0 aromatic carbocycles. The van der Waals surface area contributed by atoms with Crippen molar-refractivity contribution in [2.75, 3.05) is 26.7 Å². The van der Waals surface area contributed by atoms with Crippen molar-refractivity contribution < 1.29 is 9.59 Å². The third kappa shape index (κ3) is 5.01. The van der Waals surface area contributed by atoms with Gasteiger partial charge in [0.05, 0.1) is 6.54 Å². The van der Waals surface area contributed by atoms with Crippen LogP contribution in [0.25, 0.3) is 0 Å². The molecule has 1 fully saturated rings. The van der Waals surface area contributed by atoms with Crippen LogP contribution in [0.15, 0.2) is 0 Å². The number of imide groups is 1. The highest BCUT2D eigenvalue weighted by atomic mass is 16.2. The van der Waals surface area contributed by atoms with Crippen LogP contribution in [0.5, 0.6) is 0 Å². The number of carbonyl (C=O) groups excluding carboxylic acids is 2. The molecule has 1 saturated heterocycles. The van der Waals surface area contributed by atoms with Gasteiger partial charge in [0.1, 0.15) is 0 Å². The van der Waals surface area contributed by atoms with Crippen LogP contribution >= 0.6 is 0 Å². The normalized spacial score (nSPS) is 19.3. The van der Waals surface area contributed by atoms with Gasteiger partial charge in [0, 0.05) is 25.7 Å². The molecule has 1 heterocycles. The van der Waals surface area contributed by atoms with Gasteiger partial charge in [0.2, 0.25) is 5.91 Å². The van der Waals surface area contributed by atoms with Crippen LogP contribution in [0.2, 0.25) is 0 Å². The lowest BCUT2D eigenvalue weighted by atomic mass is 10.2. The lowest BCUT2D eigenvalue weighted by Crippen LogP contribution is -2.48. The maximum atomic E-state index is 11.7. The van der Waals surface area contributed by atoms with Gasteiger partial charge in [0.15, 0.2) is 0 Å². The number of carbonyl (C=O) groups is 2. The van der Waals surface area contributed by atoms with E-state index in [1.807, 2.05) is 0 Å². The Morgan fingerprint density at radius 2 is 2.17 bits per heavy atom. The third-order valence-corrected chi connectivity index (χ3v) is 3.17. The number of hydrogen-bond donors (Lipinski definition) is 3. The highest BCUT2D eigenvalue weighted by molar-refractivity contribution is 5.95. The van der Waals surface area contributed by atoms with Crippen LogP contribution in [0.4, 0.5) is 4.79 Å². The van der Waals surface area contributed by atoms with Gasteiger partial charge in [-0.3, -0.25) is 15.0 Å². The second-order valence-corrected chi connectivity index (χ2v) is 4.94. The van der Waals surface area contributed by atoms with Crippen molar-refractivity contribution in [1.29, 1.82) is 0 Å². The molecule has 1 aliphatic heterocycles. The summed E-state index contributed by atoms with van der Waals surface area (Å²) in [6, 6.07) is 0.283. The van der Waals surface area contributed by atoms with E-state index in [2.05, 4.69) is 34.7 Å². The number of urea groups is 1. The number of nitrogens with one attached hydrogen (secondary N) is 3. The summed E-state index contributed by atoms with van der Waals surface area (Å²) in [6.45, 7) is 6.27. The fourth-order valence-electron chi connectivity index (χ4n) is 2.07. The first-order chi connectivity index (χ1) is 8.52. The van der Waals surface area contributed by atoms with Crippen LogP contribution in [0.3, 0.4) is 0 Å². The van der Waals surface area contributed by atoms with E-state index in [0.717, 1.165) is 19.5 Å². The van der Waals surface area contributed by atoms with Crippen LogP contribution in [0.1, 0.15) is 26.7 Å². The molecule has 1 rings (SSSR count). The van der Waals surface area contributed by atoms with Gasteiger partial charge in [-0.2, -0.15) is 0 Å². The molecule has 18 heavy (non-hydrogen) atoms. The molecule has 0 aromatic heterocycles. The number of amides is 3. The molecule has 1 aliphatic rings. The van der Waals surface area contributed by atoms with Gasteiger partial charge >= 0.3 is 6.03 Å². The second kappa shape index (κ2) is 7.33. The number of hydrogen-bond acceptors (Lipinski definition) is 4. The zero-order valence-corrected chi connectivity index (χ0v) is 11.5. The summed E-state index contributed by atoms with van der Waals surface area (Å²) < 4.78 is 0. The van der Waals surface area contributed by atoms with Gasteiger partial charge < -0.3 is 10.6 Å². The molecule has 0 spiro atoms. The molecule has 3 N–H and O–H groups in total. The molecule has 0 bridgehead atoms. The third-order valence-electron chi connectivity index (χ3n) is 3.17. The Morgan fingerprint density at radius 1 is 1.44 bits per heavy atom. The number of rotatable bonds is 5. The smallest absolute Gasteiger partial charge is 0.321 e. The quantitative estimate of drug-likeness (QED) is 0.642. The van der Waals surface area contributed by atoms with E-state index >= 15 is 0 Å². The minimum absolute atomic E-state index is 0.253. The molecule has 6 nitrogen and oxygen atoms in total. The highest BCUT2D eigenvalue weighted by Crippen LogP contribution is 2.08. The minimum Gasteiger partial charge on any atom is -0.341 e. The van der Waals surface area contributed by atoms with Gasteiger partial charge in [-0.15, -0.1) is 0 Å². The summed E-state index contributed by atoms with van der Waals surface area (Å²) in [5.74, 6) is -0.263. The van der Waals surface area contributed by atoms with Gasteiger partial charge in [-0.1, -0.05) is 0 Å². The number of nitrogens with zero attached hydrogens (tertiary/aromatic N) is 1. The molecule has 1 unspecified atom stereocenters. The first-order valence-electron chi connectivity index (χ1n) is 6.52. The van der Waals surface area contributed by atoms with E-state index in [9.17, 15) is 9.59 Å². The zero-order valence-electron chi connectivity index (χ0n) is 11.5. The molecule has 104 valence electrons. The second-order valence-electron chi connectivity index (χ2n) is 4.94. The largest absolute Gasteiger partial charge is 0.341 e. The molecule has 3 amide bonds. The Labute approximate surface area is 108 Å². The molecule has 6 heteroatoms. The average Bonchev–Trinajstić information content (AvgIpc) is 2.80. The summed E-state index contributed by atoms with van der Waals surface area (Å²) >= 11 is 0. The SMILES string of the molecule is CNC(=O)NC(=O)CN(CC1CCCN1)C(C)C. The van der Waals surface area contributed by atoms with E-state index in [0.29, 0.717) is 6.04 Å². The first-order valence-corrected chi connectivity index (χ1v) is 6.52. The molecule has 0 saturated carbocycles. The van der Waals surface area contributed by atoms with Crippen LogP contribution in [-0.4, -0.2) is 55.6 Å². The van der Waals surface area contributed by atoms with Crippen molar-refractivity contribution in [2.24, 2.45) is 0 Å². The molecule has 0 radical (unpaired) electrons. The van der Waals surface area contributed by atoms with Crippen LogP contribution in [-0.2, 0) is 4.79 Å². The topological polar surface area (TPSA) is 73.5 Å². The van der Waals surface area contributed by atoms with Crippen LogP contribution in [0, 0.1) is 0 Å². The Balaban J connectivity index is 2.41. The lowest BCUT2D eigenvalue weighted by molar-refractivity contribution is -0.121. The van der Waals surface area contributed by atoms with Crippen molar-refractivity contribution in [3.63, 3.8) is 0 Å². The average molecular weight is 256 g/mol. The van der Waals surface area contributed by atoms with Gasteiger partial charge in [0.25, 0.3) is 0 Å². The van der Waals surface area contributed by atoms with Crippen molar-refractivity contribution in [2.45, 2.75) is 38.8 Å². The lowest BCUT2D eigenvalue weighted by Gasteiger charge is -2.28. The van der Waals surface area contributed by atoms with E-state index in [1.54, 1.807) is 0 Å². The maximum Gasteiger partial charge on any atom is 0.321 e. The first kappa shape index (κ1) is 14.9. The monoisotopic (exact) mass is 256 g/mol. The molecule has 0 aromatic rings. The predicted octanol–water partition coefficient (Wildman–Crippen LogP) is -0.0956. The predicted molar refractivity (Wildman–Crippen MR) is 70.3 cm³/mol.